The number of methoxy groups -OCH3 is 1. The monoisotopic (exact) mass is 521 g/mol. The van der Waals surface area contributed by atoms with E-state index in [9.17, 15) is 23.6 Å². The summed E-state index contributed by atoms with van der Waals surface area (Å²) in [5, 5.41) is 3.53. The van der Waals surface area contributed by atoms with Crippen LogP contribution in [-0.2, 0) is 19.2 Å². The number of Topliss-reactive ketones (excluding diaryl/α,β-unsaturated/α-hetero) is 1. The molecule has 2 aromatic carbocycles. The van der Waals surface area contributed by atoms with Gasteiger partial charge in [0.05, 0.1) is 24.3 Å². The van der Waals surface area contributed by atoms with Gasteiger partial charge in [-0.15, -0.1) is 0 Å². The number of nitrogens with one attached hydrogen (secondary N) is 1. The van der Waals surface area contributed by atoms with E-state index >= 15 is 0 Å². The second kappa shape index (κ2) is 11.4. The van der Waals surface area contributed by atoms with Gasteiger partial charge in [0.25, 0.3) is 17.6 Å². The summed E-state index contributed by atoms with van der Waals surface area (Å²) in [6.07, 6.45) is 3.16. The normalized spacial score (nSPS) is 14.1. The molecule has 1 fully saturated rings. The van der Waals surface area contributed by atoms with Crippen LogP contribution in [0.1, 0.15) is 26.3 Å². The van der Waals surface area contributed by atoms with Gasteiger partial charge in [-0.05, 0) is 24.3 Å². The molecule has 196 valence electrons. The number of amides is 2. The molecule has 0 radical (unpaired) electrons. The molecule has 3 aromatic rings. The van der Waals surface area contributed by atoms with Gasteiger partial charge in [0.15, 0.2) is 5.84 Å². The first-order valence-electron chi connectivity index (χ1n) is 11.5. The number of carbonyl (C=O) groups excluding carboxylic acids is 4. The average Bonchev–Trinajstić information content (AvgIpc) is 3.40. The minimum atomic E-state index is -0.900. The summed E-state index contributed by atoms with van der Waals surface area (Å²) >= 11 is 0. The van der Waals surface area contributed by atoms with Crippen LogP contribution in [0.25, 0.3) is 10.9 Å². The SMILES string of the molecule is COC(=O)/C=C/O/N=C(\N)c1ccc(F)c2c(C(=O)C(=O)N3CCN(C(=O)c4ccccc4)CC3)c[nH]c12. The molecular formula is C26H24FN5O6. The quantitative estimate of drug-likeness (QED) is 0.0704. The van der Waals surface area contributed by atoms with Gasteiger partial charge < -0.3 is 30.1 Å². The first-order chi connectivity index (χ1) is 18.3. The molecule has 0 spiro atoms. The second-order valence-corrected chi connectivity index (χ2v) is 8.23. The van der Waals surface area contributed by atoms with Crippen molar-refractivity contribution in [1.82, 2.24) is 14.8 Å². The van der Waals surface area contributed by atoms with Crippen molar-refractivity contribution in [3.63, 3.8) is 0 Å². The largest absolute Gasteiger partial charge is 0.466 e. The van der Waals surface area contributed by atoms with Crippen molar-refractivity contribution in [2.45, 2.75) is 0 Å². The molecule has 0 saturated carbocycles. The van der Waals surface area contributed by atoms with Crippen molar-refractivity contribution in [2.75, 3.05) is 33.3 Å². The smallest absolute Gasteiger partial charge is 0.333 e. The number of oxime groups is 1. The van der Waals surface area contributed by atoms with Crippen LogP contribution in [0.4, 0.5) is 4.39 Å². The molecule has 11 nitrogen and oxygen atoms in total. The molecule has 2 heterocycles. The highest BCUT2D eigenvalue weighted by Crippen LogP contribution is 2.26. The Balaban J connectivity index is 1.48. The average molecular weight is 522 g/mol. The number of nitrogens with zero attached hydrogens (tertiary/aromatic N) is 3. The number of rotatable bonds is 7. The van der Waals surface area contributed by atoms with Gasteiger partial charge in [0.1, 0.15) is 12.1 Å². The van der Waals surface area contributed by atoms with E-state index in [0.29, 0.717) is 5.56 Å². The van der Waals surface area contributed by atoms with Crippen molar-refractivity contribution < 1.29 is 33.1 Å². The van der Waals surface area contributed by atoms with Crippen LogP contribution in [0, 0.1) is 5.82 Å². The van der Waals surface area contributed by atoms with Crippen LogP contribution < -0.4 is 5.73 Å². The number of ketones is 1. The zero-order valence-corrected chi connectivity index (χ0v) is 20.3. The lowest BCUT2D eigenvalue weighted by Crippen LogP contribution is -2.52. The molecule has 38 heavy (non-hydrogen) atoms. The third-order valence-electron chi connectivity index (χ3n) is 5.99. The molecule has 4 rings (SSSR count). The molecule has 0 bridgehead atoms. The Morgan fingerprint density at radius 2 is 1.68 bits per heavy atom. The summed E-state index contributed by atoms with van der Waals surface area (Å²) < 4.78 is 19.2. The topological polar surface area (TPSA) is 147 Å². The maximum absolute atomic E-state index is 14.8. The number of aromatic amines is 1. The van der Waals surface area contributed by atoms with E-state index in [2.05, 4.69) is 14.9 Å². The van der Waals surface area contributed by atoms with Crippen LogP contribution in [0.2, 0.25) is 0 Å². The van der Waals surface area contributed by atoms with Crippen LogP contribution in [0.15, 0.2) is 66.2 Å². The number of fused-ring (bicyclic) bond motifs is 1. The van der Waals surface area contributed by atoms with Crippen LogP contribution in [0.3, 0.4) is 0 Å². The molecule has 1 aliphatic rings. The summed E-state index contributed by atoms with van der Waals surface area (Å²) in [6.45, 7) is 0.845. The Bertz CT molecular complexity index is 1440. The number of hydrogen-bond donors (Lipinski definition) is 2. The fourth-order valence-electron chi connectivity index (χ4n) is 4.02. The third-order valence-corrected chi connectivity index (χ3v) is 5.99. The van der Waals surface area contributed by atoms with Gasteiger partial charge in [-0.3, -0.25) is 14.4 Å². The lowest BCUT2D eigenvalue weighted by molar-refractivity contribution is -0.135. The molecule has 3 N–H and O–H groups in total. The first-order valence-corrected chi connectivity index (χ1v) is 11.5. The van der Waals surface area contributed by atoms with E-state index in [1.54, 1.807) is 29.2 Å². The highest BCUT2D eigenvalue weighted by Gasteiger charge is 2.31. The van der Waals surface area contributed by atoms with E-state index < -0.39 is 23.5 Å². The summed E-state index contributed by atoms with van der Waals surface area (Å²) in [6, 6.07) is 11.2. The van der Waals surface area contributed by atoms with E-state index in [0.717, 1.165) is 18.4 Å². The zero-order chi connectivity index (χ0) is 27.2. The van der Waals surface area contributed by atoms with Gasteiger partial charge in [-0.1, -0.05) is 23.4 Å². The summed E-state index contributed by atoms with van der Waals surface area (Å²) in [7, 11) is 1.20. The third kappa shape index (κ3) is 5.38. The number of benzene rings is 2. The molecule has 12 heteroatoms. The predicted molar refractivity (Wildman–Crippen MR) is 134 cm³/mol. The van der Waals surface area contributed by atoms with Crippen molar-refractivity contribution >= 4 is 40.3 Å². The lowest BCUT2D eigenvalue weighted by atomic mass is 10.0. The summed E-state index contributed by atoms with van der Waals surface area (Å²) in [4.78, 5) is 60.4. The Kier molecular flexibility index (Phi) is 7.80. The lowest BCUT2D eigenvalue weighted by Gasteiger charge is -2.34. The molecule has 1 aliphatic heterocycles. The van der Waals surface area contributed by atoms with E-state index in [1.165, 1.54) is 24.3 Å². The predicted octanol–water partition coefficient (Wildman–Crippen LogP) is 1.80. The number of H-pyrrole nitrogens is 1. The highest BCUT2D eigenvalue weighted by atomic mass is 19.1. The molecule has 0 unspecified atom stereocenters. The van der Waals surface area contributed by atoms with Crippen LogP contribution in [0.5, 0.6) is 0 Å². The van der Waals surface area contributed by atoms with E-state index in [4.69, 9.17) is 10.6 Å². The van der Waals surface area contributed by atoms with Crippen molar-refractivity contribution in [1.29, 1.82) is 0 Å². The van der Waals surface area contributed by atoms with Gasteiger partial charge >= 0.3 is 5.97 Å². The van der Waals surface area contributed by atoms with Crippen molar-refractivity contribution in [3.8, 4) is 0 Å². The number of hydrogen-bond acceptors (Lipinski definition) is 7. The fourth-order valence-corrected chi connectivity index (χ4v) is 4.02. The van der Waals surface area contributed by atoms with E-state index in [1.807, 2.05) is 6.07 Å². The maximum atomic E-state index is 14.8. The molecule has 0 atom stereocenters. The van der Waals surface area contributed by atoms with Gasteiger partial charge in [0.2, 0.25) is 0 Å². The zero-order valence-electron chi connectivity index (χ0n) is 20.3. The number of amidine groups is 1. The van der Waals surface area contributed by atoms with Gasteiger partial charge in [-0.25, -0.2) is 9.18 Å². The van der Waals surface area contributed by atoms with E-state index in [-0.39, 0.29) is 60.0 Å². The van der Waals surface area contributed by atoms with Gasteiger partial charge in [-0.2, -0.15) is 0 Å². The number of piperazine rings is 1. The summed E-state index contributed by atoms with van der Waals surface area (Å²) in [5.74, 6) is -3.43. The minimum Gasteiger partial charge on any atom is -0.466 e. The Hall–Kier alpha value is -5.00. The molecule has 1 saturated heterocycles. The molecule has 0 aliphatic carbocycles. The molecular weight excluding hydrogens is 497 g/mol. The number of carbonyl (C=O) groups is 4. The maximum Gasteiger partial charge on any atom is 0.333 e. The number of halogens is 1. The number of aromatic nitrogens is 1. The standard InChI is InChI=1S/C26H24FN5O6/c1-37-20(33)9-14-38-30-24(28)17-7-8-19(27)21-18(15-29-22(17)21)23(34)26(36)32-12-10-31(11-13-32)25(35)16-5-3-2-4-6-16/h2-9,14-15,29H,10-13H2,1H3,(H2,28,30)/b14-9+. The number of esters is 1. The Labute approximate surface area is 216 Å². The summed E-state index contributed by atoms with van der Waals surface area (Å²) in [5.41, 5.74) is 6.68. The number of nitrogens with two attached hydrogens (primary N) is 1. The first kappa shape index (κ1) is 26.1. The number of ether oxygens (including phenoxy) is 1. The second-order valence-electron chi connectivity index (χ2n) is 8.23. The van der Waals surface area contributed by atoms with Gasteiger partial charge in [0, 0.05) is 48.9 Å². The van der Waals surface area contributed by atoms with Crippen molar-refractivity contribution in [2.24, 2.45) is 10.9 Å². The molecule has 2 amide bonds. The van der Waals surface area contributed by atoms with Crippen molar-refractivity contribution in [3.05, 3.63) is 83.5 Å². The highest BCUT2D eigenvalue weighted by molar-refractivity contribution is 6.45. The van der Waals surface area contributed by atoms with Crippen LogP contribution >= 0.6 is 0 Å². The Morgan fingerprint density at radius 1 is 1.00 bits per heavy atom. The van der Waals surface area contributed by atoms with Crippen LogP contribution in [-0.4, -0.2) is 77.5 Å². The Morgan fingerprint density at radius 3 is 2.37 bits per heavy atom. The minimum absolute atomic E-state index is 0.123. The fraction of sp³-hybridized carbons (Fsp3) is 0.192. The molecule has 1 aromatic heterocycles.